The molecule has 0 amide bonds. The Hall–Kier alpha value is -0.900. The van der Waals surface area contributed by atoms with Gasteiger partial charge in [-0.15, -0.1) is 0 Å². The largest absolute Gasteiger partial charge is 0.394 e. The average Bonchev–Trinajstić information content (AvgIpc) is 2.56. The predicted octanol–water partition coefficient (Wildman–Crippen LogP) is 2.83. The topological polar surface area (TPSA) is 32.7 Å². The van der Waals surface area contributed by atoms with Gasteiger partial charge in [0.1, 0.15) is 0 Å². The van der Waals surface area contributed by atoms with Gasteiger partial charge in [0.05, 0.1) is 19.3 Å². The van der Waals surface area contributed by atoms with Crippen LogP contribution in [0.25, 0.3) is 0 Å². The van der Waals surface area contributed by atoms with Gasteiger partial charge in [-0.25, -0.2) is 0 Å². The smallest absolute Gasteiger partial charge is 0.0933 e. The van der Waals surface area contributed by atoms with Crippen molar-refractivity contribution < 1.29 is 9.84 Å². The summed E-state index contributed by atoms with van der Waals surface area (Å²) in [5.74, 6) is 0.766. The van der Waals surface area contributed by atoms with Gasteiger partial charge in [-0.2, -0.15) is 0 Å². The third kappa shape index (κ3) is 3.85. The molecule has 21 heavy (non-hydrogen) atoms. The van der Waals surface area contributed by atoms with Crippen LogP contribution in [0.1, 0.15) is 37.7 Å². The van der Waals surface area contributed by atoms with Crippen molar-refractivity contribution in [3.05, 3.63) is 35.9 Å². The van der Waals surface area contributed by atoms with E-state index in [0.717, 1.165) is 25.6 Å². The summed E-state index contributed by atoms with van der Waals surface area (Å²) < 4.78 is 5.87. The molecule has 1 aromatic carbocycles. The van der Waals surface area contributed by atoms with Gasteiger partial charge in [0.2, 0.25) is 0 Å². The Kier molecular flexibility index (Phi) is 5.28. The van der Waals surface area contributed by atoms with Crippen molar-refractivity contribution >= 4 is 0 Å². The molecule has 3 nitrogen and oxygen atoms in total. The molecule has 2 fully saturated rings. The predicted molar refractivity (Wildman–Crippen MR) is 84.0 cm³/mol. The first kappa shape index (κ1) is 15.0. The van der Waals surface area contributed by atoms with Gasteiger partial charge in [0.15, 0.2) is 0 Å². The summed E-state index contributed by atoms with van der Waals surface area (Å²) in [7, 11) is 0. The molecule has 3 heteroatoms. The summed E-state index contributed by atoms with van der Waals surface area (Å²) in [6.07, 6.45) is 6.77. The average molecular weight is 289 g/mol. The monoisotopic (exact) mass is 289 g/mol. The van der Waals surface area contributed by atoms with Crippen molar-refractivity contribution in [1.29, 1.82) is 0 Å². The second kappa shape index (κ2) is 7.39. The van der Waals surface area contributed by atoms with Crippen molar-refractivity contribution in [3.8, 4) is 0 Å². The molecule has 2 atom stereocenters. The number of ether oxygens (including phenoxy) is 1. The molecule has 1 saturated heterocycles. The van der Waals surface area contributed by atoms with E-state index in [2.05, 4.69) is 35.2 Å². The van der Waals surface area contributed by atoms with Crippen LogP contribution in [0.4, 0.5) is 0 Å². The van der Waals surface area contributed by atoms with Crippen LogP contribution < -0.4 is 0 Å². The first-order chi connectivity index (χ1) is 10.4. The van der Waals surface area contributed by atoms with Crippen molar-refractivity contribution in [3.63, 3.8) is 0 Å². The fraction of sp³-hybridized carbons (Fsp3) is 0.667. The van der Waals surface area contributed by atoms with Crippen LogP contribution in [0.3, 0.4) is 0 Å². The minimum atomic E-state index is -0.0199. The number of hydrogen-bond acceptors (Lipinski definition) is 3. The van der Waals surface area contributed by atoms with Crippen LogP contribution in [0, 0.1) is 5.92 Å². The van der Waals surface area contributed by atoms with E-state index in [1.54, 1.807) is 0 Å². The summed E-state index contributed by atoms with van der Waals surface area (Å²) >= 11 is 0. The number of rotatable bonds is 4. The molecule has 1 saturated carbocycles. The molecule has 0 spiro atoms. The number of benzene rings is 1. The van der Waals surface area contributed by atoms with Gasteiger partial charge in [-0.05, 0) is 24.3 Å². The quantitative estimate of drug-likeness (QED) is 0.925. The highest BCUT2D eigenvalue weighted by Crippen LogP contribution is 2.32. The second-order valence-corrected chi connectivity index (χ2v) is 6.52. The third-order valence-electron chi connectivity index (χ3n) is 5.04. The minimum Gasteiger partial charge on any atom is -0.394 e. The Morgan fingerprint density at radius 1 is 1.10 bits per heavy atom. The fourth-order valence-electron chi connectivity index (χ4n) is 3.85. The molecule has 1 aliphatic heterocycles. The van der Waals surface area contributed by atoms with Gasteiger partial charge in [-0.3, -0.25) is 4.90 Å². The minimum absolute atomic E-state index is 0.0199. The van der Waals surface area contributed by atoms with Gasteiger partial charge in [0.25, 0.3) is 0 Å². The summed E-state index contributed by atoms with van der Waals surface area (Å²) in [6.45, 7) is 2.74. The maximum atomic E-state index is 9.42. The lowest BCUT2D eigenvalue weighted by Gasteiger charge is -2.44. The molecule has 1 N–H and O–H groups in total. The van der Waals surface area contributed by atoms with Gasteiger partial charge in [0, 0.05) is 19.1 Å². The van der Waals surface area contributed by atoms with Gasteiger partial charge >= 0.3 is 0 Å². The fourth-order valence-corrected chi connectivity index (χ4v) is 3.85. The molecule has 0 radical (unpaired) electrons. The van der Waals surface area contributed by atoms with Gasteiger partial charge in [-0.1, -0.05) is 49.6 Å². The number of hydrogen-bond donors (Lipinski definition) is 1. The Bertz CT molecular complexity index is 416. The highest BCUT2D eigenvalue weighted by molar-refractivity contribution is 5.14. The number of aliphatic hydroxyl groups is 1. The summed E-state index contributed by atoms with van der Waals surface area (Å²) in [6, 6.07) is 11.2. The Labute approximate surface area is 127 Å². The van der Waals surface area contributed by atoms with E-state index >= 15 is 0 Å². The second-order valence-electron chi connectivity index (χ2n) is 6.52. The van der Waals surface area contributed by atoms with Crippen molar-refractivity contribution in [2.45, 2.75) is 50.8 Å². The number of aliphatic hydroxyl groups excluding tert-OH is 1. The molecule has 1 aliphatic carbocycles. The van der Waals surface area contributed by atoms with Crippen LogP contribution in [-0.2, 0) is 11.3 Å². The Morgan fingerprint density at radius 2 is 1.86 bits per heavy atom. The van der Waals surface area contributed by atoms with Crippen LogP contribution in [0.15, 0.2) is 30.3 Å². The van der Waals surface area contributed by atoms with E-state index in [-0.39, 0.29) is 12.7 Å². The molecule has 2 aliphatic rings. The summed E-state index contributed by atoms with van der Waals surface area (Å²) in [5, 5.41) is 9.42. The van der Waals surface area contributed by atoms with E-state index in [4.69, 9.17) is 4.74 Å². The zero-order valence-electron chi connectivity index (χ0n) is 12.8. The van der Waals surface area contributed by atoms with Crippen LogP contribution in [0.2, 0.25) is 0 Å². The first-order valence-electron chi connectivity index (χ1n) is 8.37. The number of nitrogens with zero attached hydrogens (tertiary/aromatic N) is 1. The Morgan fingerprint density at radius 3 is 2.57 bits per heavy atom. The standard InChI is InChI=1S/C18H27NO2/c20-13-17-12-19(11-15-7-3-1-4-8-15)18(14-21-17)16-9-5-2-6-10-16/h1,3-4,7-8,16-18,20H,2,5-6,9-14H2. The molecule has 0 bridgehead atoms. The molecule has 1 aromatic rings. The lowest BCUT2D eigenvalue weighted by atomic mass is 9.82. The molecule has 0 aromatic heterocycles. The lowest BCUT2D eigenvalue weighted by molar-refractivity contribution is -0.102. The van der Waals surface area contributed by atoms with E-state index in [1.165, 1.54) is 37.7 Å². The third-order valence-corrected chi connectivity index (χ3v) is 5.04. The van der Waals surface area contributed by atoms with E-state index in [1.807, 2.05) is 0 Å². The molecule has 3 rings (SSSR count). The molecular formula is C18H27NO2. The van der Waals surface area contributed by atoms with Crippen molar-refractivity contribution in [2.24, 2.45) is 5.92 Å². The first-order valence-corrected chi connectivity index (χ1v) is 8.37. The maximum Gasteiger partial charge on any atom is 0.0933 e. The van der Waals surface area contributed by atoms with Crippen LogP contribution in [-0.4, -0.2) is 41.9 Å². The highest BCUT2D eigenvalue weighted by Gasteiger charge is 2.34. The highest BCUT2D eigenvalue weighted by atomic mass is 16.5. The van der Waals surface area contributed by atoms with E-state index < -0.39 is 0 Å². The maximum absolute atomic E-state index is 9.42. The number of morpholine rings is 1. The summed E-state index contributed by atoms with van der Waals surface area (Å²) in [5.41, 5.74) is 1.36. The zero-order valence-corrected chi connectivity index (χ0v) is 12.8. The molecular weight excluding hydrogens is 262 g/mol. The Balaban J connectivity index is 1.70. The zero-order chi connectivity index (χ0) is 14.5. The molecule has 1 heterocycles. The van der Waals surface area contributed by atoms with Gasteiger partial charge < -0.3 is 9.84 Å². The summed E-state index contributed by atoms with van der Waals surface area (Å²) in [4.78, 5) is 2.55. The lowest BCUT2D eigenvalue weighted by Crippen LogP contribution is -2.53. The molecule has 116 valence electrons. The van der Waals surface area contributed by atoms with E-state index in [9.17, 15) is 5.11 Å². The van der Waals surface area contributed by atoms with Crippen molar-refractivity contribution in [2.75, 3.05) is 19.8 Å². The van der Waals surface area contributed by atoms with Crippen molar-refractivity contribution in [1.82, 2.24) is 4.90 Å². The normalized spacial score (nSPS) is 28.6. The SMILES string of the molecule is OCC1CN(Cc2ccccc2)C(C2CCCCC2)CO1. The molecule has 2 unspecified atom stereocenters. The van der Waals surface area contributed by atoms with Crippen LogP contribution >= 0.6 is 0 Å². The van der Waals surface area contributed by atoms with Crippen LogP contribution in [0.5, 0.6) is 0 Å². The van der Waals surface area contributed by atoms with E-state index in [0.29, 0.717) is 6.04 Å².